The number of amides is 1. The molecular weight excluding hydrogens is 355 g/mol. The average Bonchev–Trinajstić information content (AvgIpc) is 2.73. The fraction of sp³-hybridized carbons (Fsp3) is 0.217. The van der Waals surface area contributed by atoms with E-state index in [0.717, 1.165) is 17.3 Å². The van der Waals surface area contributed by atoms with Gasteiger partial charge < -0.3 is 9.64 Å². The number of rotatable bonds is 5. The minimum absolute atomic E-state index is 0.109. The van der Waals surface area contributed by atoms with E-state index in [-0.39, 0.29) is 17.3 Å². The van der Waals surface area contributed by atoms with Crippen LogP contribution >= 0.6 is 0 Å². The standard InChI is InChI=1S/C23H21FN2O2/c1-3-4-5-6-15-28-21-11-7-10-20(22(21)24)26(2)23(27)18-12-13-19-17(16-18)9-8-14-25-19/h7-14,16H,3,6,15H2,1-2H3. The molecule has 0 saturated heterocycles. The van der Waals surface area contributed by atoms with Crippen LogP contribution in [0, 0.1) is 17.7 Å². The molecule has 0 N–H and O–H groups in total. The predicted octanol–water partition coefficient (Wildman–Crippen LogP) is 4.83. The highest BCUT2D eigenvalue weighted by molar-refractivity contribution is 6.07. The van der Waals surface area contributed by atoms with Crippen LogP contribution in [-0.2, 0) is 0 Å². The third-order valence-corrected chi connectivity index (χ3v) is 4.25. The average molecular weight is 376 g/mol. The Balaban J connectivity index is 1.79. The van der Waals surface area contributed by atoms with Crippen molar-refractivity contribution in [3.05, 3.63) is 66.1 Å². The van der Waals surface area contributed by atoms with E-state index in [1.807, 2.05) is 19.1 Å². The number of benzene rings is 2. The van der Waals surface area contributed by atoms with Gasteiger partial charge in [-0.15, -0.1) is 5.92 Å². The molecule has 1 aromatic heterocycles. The minimum Gasteiger partial charge on any atom is -0.489 e. The van der Waals surface area contributed by atoms with Crippen molar-refractivity contribution in [3.63, 3.8) is 0 Å². The maximum Gasteiger partial charge on any atom is 0.258 e. The van der Waals surface area contributed by atoms with Crippen LogP contribution in [0.25, 0.3) is 10.9 Å². The molecule has 0 saturated carbocycles. The van der Waals surface area contributed by atoms with E-state index in [0.29, 0.717) is 18.6 Å². The minimum atomic E-state index is -0.566. The third-order valence-electron chi connectivity index (χ3n) is 4.25. The van der Waals surface area contributed by atoms with Crippen LogP contribution in [0.5, 0.6) is 5.75 Å². The molecule has 1 heterocycles. The second kappa shape index (κ2) is 9.01. The van der Waals surface area contributed by atoms with Gasteiger partial charge in [0, 0.05) is 37.0 Å². The number of carbonyl (C=O) groups is 1. The van der Waals surface area contributed by atoms with Crippen LogP contribution in [0.2, 0.25) is 0 Å². The van der Waals surface area contributed by atoms with Gasteiger partial charge in [-0.2, -0.15) is 0 Å². The first-order valence-corrected chi connectivity index (χ1v) is 9.11. The molecule has 0 radical (unpaired) electrons. The summed E-state index contributed by atoms with van der Waals surface area (Å²) in [6.07, 6.45) is 3.00. The SMILES string of the molecule is CCC#CCCOc1cccc(N(C)C(=O)c2ccc3ncccc3c2)c1F. The Hall–Kier alpha value is -3.39. The van der Waals surface area contributed by atoms with Gasteiger partial charge in [-0.3, -0.25) is 9.78 Å². The molecule has 0 aliphatic rings. The summed E-state index contributed by atoms with van der Waals surface area (Å²) in [4.78, 5) is 18.4. The Labute approximate surface area is 164 Å². The summed E-state index contributed by atoms with van der Waals surface area (Å²) in [5.41, 5.74) is 1.42. The number of hydrogen-bond donors (Lipinski definition) is 0. The largest absolute Gasteiger partial charge is 0.489 e. The van der Waals surface area contributed by atoms with Crippen molar-refractivity contribution < 1.29 is 13.9 Å². The Bertz CT molecular complexity index is 1050. The molecule has 28 heavy (non-hydrogen) atoms. The van der Waals surface area contributed by atoms with E-state index in [9.17, 15) is 9.18 Å². The number of hydrogen-bond acceptors (Lipinski definition) is 3. The van der Waals surface area contributed by atoms with Gasteiger partial charge >= 0.3 is 0 Å². The molecule has 0 aliphatic carbocycles. The smallest absolute Gasteiger partial charge is 0.258 e. The Kier molecular flexibility index (Phi) is 6.23. The van der Waals surface area contributed by atoms with Gasteiger partial charge in [0.15, 0.2) is 11.6 Å². The quantitative estimate of drug-likeness (QED) is 0.473. The van der Waals surface area contributed by atoms with Crippen molar-refractivity contribution in [1.82, 2.24) is 4.98 Å². The predicted molar refractivity (Wildman–Crippen MR) is 109 cm³/mol. The molecule has 0 atom stereocenters. The van der Waals surface area contributed by atoms with E-state index in [1.165, 1.54) is 4.90 Å². The first kappa shape index (κ1) is 19.4. The molecule has 0 spiro atoms. The van der Waals surface area contributed by atoms with Gasteiger partial charge in [-0.1, -0.05) is 25.0 Å². The number of nitrogens with zero attached hydrogens (tertiary/aromatic N) is 2. The Morgan fingerprint density at radius 1 is 1.18 bits per heavy atom. The molecule has 0 bridgehead atoms. The molecule has 3 rings (SSSR count). The maximum atomic E-state index is 14.9. The number of aromatic nitrogens is 1. The van der Waals surface area contributed by atoms with Gasteiger partial charge in [-0.25, -0.2) is 4.39 Å². The second-order valence-corrected chi connectivity index (χ2v) is 6.17. The van der Waals surface area contributed by atoms with Crippen LogP contribution < -0.4 is 9.64 Å². The molecule has 5 heteroatoms. The monoisotopic (exact) mass is 376 g/mol. The topological polar surface area (TPSA) is 42.4 Å². The van der Waals surface area contributed by atoms with Crippen LogP contribution in [-0.4, -0.2) is 24.5 Å². The maximum absolute atomic E-state index is 14.9. The number of pyridine rings is 1. The highest BCUT2D eigenvalue weighted by Gasteiger charge is 2.19. The van der Waals surface area contributed by atoms with Gasteiger partial charge in [-0.05, 0) is 36.4 Å². The summed E-state index contributed by atoms with van der Waals surface area (Å²) in [7, 11) is 1.55. The van der Waals surface area contributed by atoms with Crippen molar-refractivity contribution in [1.29, 1.82) is 0 Å². The van der Waals surface area contributed by atoms with E-state index in [2.05, 4.69) is 16.8 Å². The Morgan fingerprint density at radius 3 is 2.86 bits per heavy atom. The molecule has 142 valence electrons. The van der Waals surface area contributed by atoms with Gasteiger partial charge in [0.2, 0.25) is 0 Å². The fourth-order valence-electron chi connectivity index (χ4n) is 2.81. The van der Waals surface area contributed by atoms with Crippen LogP contribution in [0.3, 0.4) is 0 Å². The van der Waals surface area contributed by atoms with Crippen molar-refractivity contribution in [2.45, 2.75) is 19.8 Å². The summed E-state index contributed by atoms with van der Waals surface area (Å²) in [6.45, 7) is 2.26. The molecule has 0 unspecified atom stereocenters. The zero-order valence-corrected chi connectivity index (χ0v) is 15.9. The van der Waals surface area contributed by atoms with Gasteiger partial charge in [0.25, 0.3) is 5.91 Å². The first-order chi connectivity index (χ1) is 13.6. The van der Waals surface area contributed by atoms with Crippen molar-refractivity contribution in [2.75, 3.05) is 18.6 Å². The number of fused-ring (bicyclic) bond motifs is 1. The Morgan fingerprint density at radius 2 is 2.04 bits per heavy atom. The summed E-state index contributed by atoms with van der Waals surface area (Å²) < 4.78 is 20.4. The number of halogens is 1. The second-order valence-electron chi connectivity index (χ2n) is 6.17. The summed E-state index contributed by atoms with van der Waals surface area (Å²) >= 11 is 0. The van der Waals surface area contributed by atoms with E-state index < -0.39 is 5.82 Å². The molecule has 3 aromatic rings. The van der Waals surface area contributed by atoms with E-state index >= 15 is 0 Å². The van der Waals surface area contributed by atoms with Crippen LogP contribution in [0.15, 0.2) is 54.7 Å². The molecule has 2 aromatic carbocycles. The zero-order valence-electron chi connectivity index (χ0n) is 15.9. The first-order valence-electron chi connectivity index (χ1n) is 9.11. The van der Waals surface area contributed by atoms with Crippen LogP contribution in [0.1, 0.15) is 30.1 Å². The van der Waals surface area contributed by atoms with Crippen molar-refractivity contribution >= 4 is 22.5 Å². The number of ether oxygens (including phenoxy) is 1. The number of carbonyl (C=O) groups excluding carboxylic acids is 1. The molecule has 0 fully saturated rings. The highest BCUT2D eigenvalue weighted by atomic mass is 19.1. The third kappa shape index (κ3) is 4.29. The molecular formula is C23H21FN2O2. The van der Waals surface area contributed by atoms with E-state index in [1.54, 1.807) is 49.6 Å². The van der Waals surface area contributed by atoms with Crippen LogP contribution in [0.4, 0.5) is 10.1 Å². The summed E-state index contributed by atoms with van der Waals surface area (Å²) in [6, 6.07) is 13.7. The summed E-state index contributed by atoms with van der Waals surface area (Å²) in [5, 5.41) is 0.854. The van der Waals surface area contributed by atoms with Crippen molar-refractivity contribution in [2.24, 2.45) is 0 Å². The van der Waals surface area contributed by atoms with Gasteiger partial charge in [0.1, 0.15) is 0 Å². The lowest BCUT2D eigenvalue weighted by atomic mass is 10.1. The zero-order chi connectivity index (χ0) is 19.9. The lowest BCUT2D eigenvalue weighted by Gasteiger charge is -2.19. The molecule has 1 amide bonds. The van der Waals surface area contributed by atoms with Crippen molar-refractivity contribution in [3.8, 4) is 17.6 Å². The highest BCUT2D eigenvalue weighted by Crippen LogP contribution is 2.28. The lowest BCUT2D eigenvalue weighted by molar-refractivity contribution is 0.0992. The summed E-state index contributed by atoms with van der Waals surface area (Å²) in [5.74, 6) is 5.13. The normalized spacial score (nSPS) is 10.2. The number of anilines is 1. The molecule has 0 aliphatic heterocycles. The fourth-order valence-corrected chi connectivity index (χ4v) is 2.81. The molecule has 4 nitrogen and oxygen atoms in total. The lowest BCUT2D eigenvalue weighted by Crippen LogP contribution is -2.27. The van der Waals surface area contributed by atoms with E-state index in [4.69, 9.17) is 4.74 Å². The van der Waals surface area contributed by atoms with Gasteiger partial charge in [0.05, 0.1) is 17.8 Å².